The Morgan fingerprint density at radius 2 is 1.96 bits per heavy atom. The Morgan fingerprint density at radius 3 is 2.57 bits per heavy atom. The molecule has 2 aromatic rings. The van der Waals surface area contributed by atoms with Crippen molar-refractivity contribution in [2.75, 3.05) is 11.9 Å². The molecule has 0 aliphatic rings. The number of anilines is 2. The average molecular weight is 322 g/mol. The number of carbonyl (C=O) groups is 1. The highest BCUT2D eigenvalue weighted by atomic mass is 19.4. The molecule has 0 radical (unpaired) electrons. The lowest BCUT2D eigenvalue weighted by atomic mass is 10.2. The number of hydrogen-bond acceptors (Lipinski definition) is 4. The van der Waals surface area contributed by atoms with E-state index in [9.17, 15) is 18.0 Å². The fourth-order valence-corrected chi connectivity index (χ4v) is 1.68. The first-order chi connectivity index (χ1) is 10.9. The van der Waals surface area contributed by atoms with Gasteiger partial charge in [0.1, 0.15) is 0 Å². The van der Waals surface area contributed by atoms with Crippen LogP contribution >= 0.6 is 0 Å². The van der Waals surface area contributed by atoms with E-state index in [1.165, 1.54) is 30.6 Å². The van der Waals surface area contributed by atoms with Gasteiger partial charge in [-0.2, -0.15) is 13.2 Å². The molecule has 0 fully saturated rings. The zero-order valence-corrected chi connectivity index (χ0v) is 11.9. The van der Waals surface area contributed by atoms with E-state index in [0.29, 0.717) is 6.54 Å². The molecule has 1 heterocycles. The van der Waals surface area contributed by atoms with Gasteiger partial charge in [-0.3, -0.25) is 4.79 Å². The molecule has 0 saturated heterocycles. The highest BCUT2D eigenvalue weighted by Crippen LogP contribution is 2.31. The van der Waals surface area contributed by atoms with E-state index in [1.54, 1.807) is 0 Å². The smallest absolute Gasteiger partial charge is 0.348 e. The van der Waals surface area contributed by atoms with Crippen LogP contribution in [0.1, 0.15) is 15.9 Å². The fourth-order valence-electron chi connectivity index (χ4n) is 1.68. The Kier molecular flexibility index (Phi) is 4.95. The lowest BCUT2D eigenvalue weighted by Gasteiger charge is -2.09. The first kappa shape index (κ1) is 16.5. The first-order valence-corrected chi connectivity index (χ1v) is 6.55. The number of nitrogens with one attached hydrogen (secondary N) is 2. The molecule has 2 N–H and O–H groups in total. The van der Waals surface area contributed by atoms with Gasteiger partial charge in [-0.1, -0.05) is 12.1 Å². The predicted molar refractivity (Wildman–Crippen MR) is 79.3 cm³/mol. The fraction of sp³-hybridized carbons (Fsp3) is 0.133. The zero-order valence-electron chi connectivity index (χ0n) is 11.9. The molecule has 0 aliphatic carbocycles. The highest BCUT2D eigenvalue weighted by molar-refractivity contribution is 5.93. The normalized spacial score (nSPS) is 10.9. The van der Waals surface area contributed by atoms with Crippen LogP contribution in [0.4, 0.5) is 24.8 Å². The predicted octanol–water partition coefficient (Wildman–Crippen LogP) is 3.15. The van der Waals surface area contributed by atoms with Crippen molar-refractivity contribution in [1.82, 2.24) is 15.3 Å². The summed E-state index contributed by atoms with van der Waals surface area (Å²) in [4.78, 5) is 19.5. The third kappa shape index (κ3) is 4.53. The Balaban J connectivity index is 2.09. The molecular formula is C15H13F3N4O. The van der Waals surface area contributed by atoms with E-state index in [4.69, 9.17) is 0 Å². The molecule has 0 aliphatic heterocycles. The number of alkyl halides is 3. The molecule has 2 rings (SSSR count). The SMILES string of the molecule is C=CCNC(=O)c1cnc(Nc2cccc(C(F)(F)F)c2)nc1. The van der Waals surface area contributed by atoms with Crippen molar-refractivity contribution in [2.24, 2.45) is 0 Å². The second-order valence-corrected chi connectivity index (χ2v) is 4.50. The molecule has 120 valence electrons. The van der Waals surface area contributed by atoms with Gasteiger partial charge in [0.25, 0.3) is 5.91 Å². The number of amides is 1. The minimum atomic E-state index is -4.42. The van der Waals surface area contributed by atoms with Crippen molar-refractivity contribution in [3.05, 3.63) is 60.4 Å². The lowest BCUT2D eigenvalue weighted by molar-refractivity contribution is -0.137. The molecule has 1 aromatic heterocycles. The highest BCUT2D eigenvalue weighted by Gasteiger charge is 2.30. The molecule has 0 unspecified atom stereocenters. The van der Waals surface area contributed by atoms with Crippen LogP contribution in [0.25, 0.3) is 0 Å². The van der Waals surface area contributed by atoms with Crippen molar-refractivity contribution in [2.45, 2.75) is 6.18 Å². The third-order valence-corrected chi connectivity index (χ3v) is 2.77. The number of carbonyl (C=O) groups excluding carboxylic acids is 1. The van der Waals surface area contributed by atoms with Gasteiger partial charge in [0.15, 0.2) is 0 Å². The summed E-state index contributed by atoms with van der Waals surface area (Å²) < 4.78 is 37.9. The standard InChI is InChI=1S/C15H13F3N4O/c1-2-6-19-13(23)10-8-20-14(21-9-10)22-12-5-3-4-11(7-12)15(16,17)18/h2-5,7-9H,1,6H2,(H,19,23)(H,20,21,22). The largest absolute Gasteiger partial charge is 0.416 e. The van der Waals surface area contributed by atoms with E-state index < -0.39 is 11.7 Å². The maximum absolute atomic E-state index is 12.6. The van der Waals surface area contributed by atoms with Crippen LogP contribution in [0.5, 0.6) is 0 Å². The number of aromatic nitrogens is 2. The van der Waals surface area contributed by atoms with Gasteiger partial charge < -0.3 is 10.6 Å². The number of rotatable bonds is 5. The number of halogens is 3. The molecule has 0 bridgehead atoms. The average Bonchev–Trinajstić information content (AvgIpc) is 2.53. The van der Waals surface area contributed by atoms with Gasteiger partial charge in [0, 0.05) is 24.6 Å². The summed E-state index contributed by atoms with van der Waals surface area (Å²) in [7, 11) is 0. The maximum Gasteiger partial charge on any atom is 0.416 e. The van der Waals surface area contributed by atoms with Crippen molar-refractivity contribution in [3.63, 3.8) is 0 Å². The Labute approximate surface area is 130 Å². The van der Waals surface area contributed by atoms with E-state index in [2.05, 4.69) is 27.2 Å². The van der Waals surface area contributed by atoms with Crippen molar-refractivity contribution in [3.8, 4) is 0 Å². The van der Waals surface area contributed by atoms with Crippen LogP contribution in [-0.4, -0.2) is 22.4 Å². The number of benzene rings is 1. The molecule has 1 aromatic carbocycles. The van der Waals surface area contributed by atoms with Crippen molar-refractivity contribution < 1.29 is 18.0 Å². The quantitative estimate of drug-likeness (QED) is 0.830. The molecule has 23 heavy (non-hydrogen) atoms. The molecule has 8 heteroatoms. The number of nitrogens with zero attached hydrogens (tertiary/aromatic N) is 2. The van der Waals surface area contributed by atoms with Crippen LogP contribution in [-0.2, 0) is 6.18 Å². The van der Waals surface area contributed by atoms with E-state index >= 15 is 0 Å². The molecule has 1 amide bonds. The minimum absolute atomic E-state index is 0.0876. The second-order valence-electron chi connectivity index (χ2n) is 4.50. The van der Waals surface area contributed by atoms with E-state index in [-0.39, 0.29) is 23.1 Å². The van der Waals surface area contributed by atoms with Gasteiger partial charge in [-0.15, -0.1) is 6.58 Å². The third-order valence-electron chi connectivity index (χ3n) is 2.77. The Morgan fingerprint density at radius 1 is 1.26 bits per heavy atom. The van der Waals surface area contributed by atoms with Gasteiger partial charge >= 0.3 is 6.18 Å². The van der Waals surface area contributed by atoms with Gasteiger partial charge in [0.05, 0.1) is 11.1 Å². The van der Waals surface area contributed by atoms with Crippen LogP contribution < -0.4 is 10.6 Å². The monoisotopic (exact) mass is 322 g/mol. The Bertz CT molecular complexity index is 699. The van der Waals surface area contributed by atoms with Crippen LogP contribution in [0.2, 0.25) is 0 Å². The molecule has 5 nitrogen and oxygen atoms in total. The summed E-state index contributed by atoms with van der Waals surface area (Å²) in [5, 5.41) is 5.22. The van der Waals surface area contributed by atoms with Crippen molar-refractivity contribution in [1.29, 1.82) is 0 Å². The molecule has 0 spiro atoms. The van der Waals surface area contributed by atoms with Gasteiger partial charge in [0.2, 0.25) is 5.95 Å². The van der Waals surface area contributed by atoms with Crippen LogP contribution in [0.15, 0.2) is 49.3 Å². The van der Waals surface area contributed by atoms with Crippen LogP contribution in [0, 0.1) is 0 Å². The van der Waals surface area contributed by atoms with E-state index in [1.807, 2.05) is 0 Å². The summed E-state index contributed by atoms with van der Waals surface area (Å²) in [6.45, 7) is 3.78. The lowest BCUT2D eigenvalue weighted by Crippen LogP contribution is -2.23. The Hall–Kier alpha value is -2.90. The summed E-state index contributed by atoms with van der Waals surface area (Å²) in [5.41, 5.74) is -0.340. The first-order valence-electron chi connectivity index (χ1n) is 6.55. The van der Waals surface area contributed by atoms with Crippen LogP contribution in [0.3, 0.4) is 0 Å². The minimum Gasteiger partial charge on any atom is -0.348 e. The summed E-state index contributed by atoms with van der Waals surface area (Å²) in [6.07, 6.45) is -0.337. The van der Waals surface area contributed by atoms with E-state index in [0.717, 1.165) is 12.1 Å². The molecular weight excluding hydrogens is 309 g/mol. The number of hydrogen-bond donors (Lipinski definition) is 2. The summed E-state index contributed by atoms with van der Waals surface area (Å²) >= 11 is 0. The summed E-state index contributed by atoms with van der Waals surface area (Å²) in [6, 6.07) is 4.67. The zero-order chi connectivity index (χ0) is 16.9. The molecule has 0 atom stereocenters. The topological polar surface area (TPSA) is 66.9 Å². The maximum atomic E-state index is 12.6. The van der Waals surface area contributed by atoms with Gasteiger partial charge in [-0.25, -0.2) is 9.97 Å². The van der Waals surface area contributed by atoms with Crippen molar-refractivity contribution >= 4 is 17.5 Å². The second kappa shape index (κ2) is 6.91. The van der Waals surface area contributed by atoms with Gasteiger partial charge in [-0.05, 0) is 18.2 Å². The summed E-state index contributed by atoms with van der Waals surface area (Å²) in [5.74, 6) is -0.278. The molecule has 0 saturated carbocycles.